The molecular weight excluding hydrogens is 236 g/mol. The summed E-state index contributed by atoms with van der Waals surface area (Å²) in [7, 11) is -2.44. The van der Waals surface area contributed by atoms with E-state index in [-0.39, 0.29) is 13.0 Å². The maximum absolute atomic E-state index is 11.6. The highest BCUT2D eigenvalue weighted by atomic mass is 32.2. The molecule has 1 heterocycles. The van der Waals surface area contributed by atoms with Gasteiger partial charge in [-0.25, -0.2) is 8.42 Å². The molecule has 0 bridgehead atoms. The van der Waals surface area contributed by atoms with Crippen LogP contribution in [0.4, 0.5) is 0 Å². The Morgan fingerprint density at radius 1 is 1.69 bits per heavy atom. The second-order valence-electron chi connectivity index (χ2n) is 3.43. The van der Waals surface area contributed by atoms with Gasteiger partial charge in [-0.2, -0.15) is 9.57 Å². The smallest absolute Gasteiger partial charge is 0.322 e. The molecule has 1 N–H and O–H groups in total. The number of aliphatic carboxylic acids is 1. The van der Waals surface area contributed by atoms with Crippen molar-refractivity contribution >= 4 is 16.0 Å². The lowest BCUT2D eigenvalue weighted by molar-refractivity contribution is -0.140. The molecule has 16 heavy (non-hydrogen) atoms. The quantitative estimate of drug-likeness (QED) is 0.684. The van der Waals surface area contributed by atoms with Gasteiger partial charge in [0.05, 0.1) is 12.2 Å². The van der Waals surface area contributed by atoms with E-state index in [1.807, 2.05) is 0 Å². The zero-order chi connectivity index (χ0) is 12.3. The Balaban J connectivity index is 2.94. The molecule has 0 aromatic rings. The zero-order valence-corrected chi connectivity index (χ0v) is 9.48. The molecular formula is C8H12N2O5S. The molecule has 0 amide bonds. The number of ether oxygens (including phenoxy) is 1. The lowest BCUT2D eigenvalue weighted by atomic mass is 10.2. The van der Waals surface area contributed by atoms with Crippen LogP contribution in [0.15, 0.2) is 0 Å². The van der Waals surface area contributed by atoms with Crippen LogP contribution in [0.1, 0.15) is 6.42 Å². The summed E-state index contributed by atoms with van der Waals surface area (Å²) in [6.07, 6.45) is -0.328. The van der Waals surface area contributed by atoms with Crippen molar-refractivity contribution in [3.8, 4) is 6.07 Å². The molecule has 0 aromatic carbocycles. The Hall–Kier alpha value is -1.17. The summed E-state index contributed by atoms with van der Waals surface area (Å²) < 4.78 is 29.0. The first-order valence-electron chi connectivity index (χ1n) is 4.54. The van der Waals surface area contributed by atoms with Crippen molar-refractivity contribution in [3.63, 3.8) is 0 Å². The lowest BCUT2D eigenvalue weighted by Crippen LogP contribution is -2.41. The van der Waals surface area contributed by atoms with E-state index in [2.05, 4.69) is 0 Å². The van der Waals surface area contributed by atoms with Gasteiger partial charge in [-0.3, -0.25) is 4.79 Å². The van der Waals surface area contributed by atoms with Gasteiger partial charge in [0.15, 0.2) is 5.75 Å². The standard InChI is InChI=1S/C8H12N2O5S/c1-15-6-4-7(8(11)12)10(5-6)16(13,14)3-2-9/h6-7H,3-5H2,1H3,(H,11,12). The Bertz CT molecular complexity index is 413. The molecule has 0 aliphatic carbocycles. The topological polar surface area (TPSA) is 108 Å². The SMILES string of the molecule is COC1CC(C(=O)O)N(S(=O)(=O)CC#N)C1. The minimum Gasteiger partial charge on any atom is -0.480 e. The van der Waals surface area contributed by atoms with E-state index >= 15 is 0 Å². The van der Waals surface area contributed by atoms with Crippen molar-refractivity contribution in [1.29, 1.82) is 5.26 Å². The van der Waals surface area contributed by atoms with Crippen LogP contribution in [0.5, 0.6) is 0 Å². The van der Waals surface area contributed by atoms with Crippen LogP contribution in [0.25, 0.3) is 0 Å². The van der Waals surface area contributed by atoms with Gasteiger partial charge in [0, 0.05) is 20.1 Å². The molecule has 2 unspecified atom stereocenters. The predicted octanol–water partition coefficient (Wildman–Crippen LogP) is -0.986. The van der Waals surface area contributed by atoms with Crippen LogP contribution in [-0.4, -0.2) is 55.4 Å². The first-order valence-corrected chi connectivity index (χ1v) is 6.15. The number of hydrogen-bond donors (Lipinski definition) is 1. The van der Waals surface area contributed by atoms with E-state index in [0.717, 1.165) is 4.31 Å². The molecule has 1 fully saturated rings. The molecule has 8 heteroatoms. The van der Waals surface area contributed by atoms with Crippen LogP contribution in [0, 0.1) is 11.3 Å². The fourth-order valence-electron chi connectivity index (χ4n) is 1.64. The second kappa shape index (κ2) is 4.78. The summed E-state index contributed by atoms with van der Waals surface area (Å²) in [4.78, 5) is 10.9. The molecule has 1 aliphatic rings. The Kier molecular flexibility index (Phi) is 3.85. The largest absolute Gasteiger partial charge is 0.480 e. The Morgan fingerprint density at radius 3 is 2.75 bits per heavy atom. The van der Waals surface area contributed by atoms with E-state index in [1.54, 1.807) is 0 Å². The number of sulfonamides is 1. The van der Waals surface area contributed by atoms with Crippen molar-refractivity contribution in [3.05, 3.63) is 0 Å². The summed E-state index contributed by atoms with van der Waals surface area (Å²) in [6, 6.07) is 0.378. The summed E-state index contributed by atoms with van der Waals surface area (Å²) >= 11 is 0. The van der Waals surface area contributed by atoms with Gasteiger partial charge in [0.2, 0.25) is 10.0 Å². The molecule has 90 valence electrons. The highest BCUT2D eigenvalue weighted by molar-refractivity contribution is 7.89. The maximum Gasteiger partial charge on any atom is 0.322 e. The van der Waals surface area contributed by atoms with Crippen molar-refractivity contribution in [2.75, 3.05) is 19.4 Å². The third kappa shape index (κ3) is 2.49. The zero-order valence-electron chi connectivity index (χ0n) is 8.66. The molecule has 1 rings (SSSR count). The summed E-state index contributed by atoms with van der Waals surface area (Å²) in [5, 5.41) is 17.3. The molecule has 0 aromatic heterocycles. The van der Waals surface area contributed by atoms with Gasteiger partial charge < -0.3 is 9.84 Å². The van der Waals surface area contributed by atoms with Gasteiger partial charge in [-0.1, -0.05) is 0 Å². The highest BCUT2D eigenvalue weighted by Gasteiger charge is 2.43. The number of nitrogens with zero attached hydrogens (tertiary/aromatic N) is 2. The summed E-state index contributed by atoms with van der Waals surface area (Å²) in [5.74, 6) is -1.94. The Labute approximate surface area is 93.3 Å². The van der Waals surface area contributed by atoms with Crippen LogP contribution in [0.3, 0.4) is 0 Å². The number of carboxylic acids is 1. The van der Waals surface area contributed by atoms with E-state index in [1.165, 1.54) is 13.2 Å². The molecule has 1 saturated heterocycles. The Morgan fingerprint density at radius 2 is 2.31 bits per heavy atom. The van der Waals surface area contributed by atoms with E-state index in [4.69, 9.17) is 15.1 Å². The van der Waals surface area contributed by atoms with Crippen LogP contribution < -0.4 is 0 Å². The number of methoxy groups -OCH3 is 1. The van der Waals surface area contributed by atoms with Crippen LogP contribution in [-0.2, 0) is 19.6 Å². The van der Waals surface area contributed by atoms with Gasteiger partial charge >= 0.3 is 5.97 Å². The van der Waals surface area contributed by atoms with Gasteiger partial charge in [0.25, 0.3) is 0 Å². The van der Waals surface area contributed by atoms with E-state index in [0.29, 0.717) is 0 Å². The highest BCUT2D eigenvalue weighted by Crippen LogP contribution is 2.23. The average Bonchev–Trinajstić information content (AvgIpc) is 2.62. The normalized spacial score (nSPS) is 26.5. The van der Waals surface area contributed by atoms with Crippen molar-refractivity contribution in [2.24, 2.45) is 0 Å². The first-order chi connectivity index (χ1) is 7.42. The molecule has 0 spiro atoms. The number of rotatable bonds is 4. The second-order valence-corrected chi connectivity index (χ2v) is 5.35. The minimum atomic E-state index is -3.84. The van der Waals surface area contributed by atoms with Crippen LogP contribution in [0.2, 0.25) is 0 Å². The monoisotopic (exact) mass is 248 g/mol. The van der Waals surface area contributed by atoms with E-state index < -0.39 is 33.9 Å². The first kappa shape index (κ1) is 12.9. The fourth-order valence-corrected chi connectivity index (χ4v) is 2.92. The molecule has 1 aliphatic heterocycles. The average molecular weight is 248 g/mol. The number of hydrogen-bond acceptors (Lipinski definition) is 5. The third-order valence-corrected chi connectivity index (χ3v) is 4.05. The van der Waals surface area contributed by atoms with Gasteiger partial charge in [-0.15, -0.1) is 0 Å². The predicted molar refractivity (Wildman–Crippen MR) is 52.9 cm³/mol. The maximum atomic E-state index is 11.6. The number of nitriles is 1. The van der Waals surface area contributed by atoms with Gasteiger partial charge in [0.1, 0.15) is 6.04 Å². The van der Waals surface area contributed by atoms with Gasteiger partial charge in [-0.05, 0) is 0 Å². The molecule has 0 radical (unpaired) electrons. The minimum absolute atomic E-state index is 0.0164. The fraction of sp³-hybridized carbons (Fsp3) is 0.750. The molecule has 2 atom stereocenters. The number of carboxylic acid groups (broad SMARTS) is 1. The van der Waals surface area contributed by atoms with Crippen molar-refractivity contribution < 1.29 is 23.1 Å². The molecule has 7 nitrogen and oxygen atoms in total. The van der Waals surface area contributed by atoms with Crippen LogP contribution >= 0.6 is 0 Å². The lowest BCUT2D eigenvalue weighted by Gasteiger charge is -2.18. The summed E-state index contributed by atoms with van der Waals surface area (Å²) in [6.45, 7) is -0.0164. The molecule has 0 saturated carbocycles. The van der Waals surface area contributed by atoms with Crippen molar-refractivity contribution in [1.82, 2.24) is 4.31 Å². The third-order valence-electron chi connectivity index (χ3n) is 2.44. The van der Waals surface area contributed by atoms with Crippen molar-refractivity contribution in [2.45, 2.75) is 18.6 Å². The number of carbonyl (C=O) groups is 1. The summed E-state index contributed by atoms with van der Waals surface area (Å²) in [5.41, 5.74) is 0. The van der Waals surface area contributed by atoms with E-state index in [9.17, 15) is 13.2 Å².